The summed E-state index contributed by atoms with van der Waals surface area (Å²) in [5.41, 5.74) is 1.51. The van der Waals surface area contributed by atoms with Crippen molar-refractivity contribution in [2.24, 2.45) is 5.16 Å². The Hall–Kier alpha value is -1.61. The van der Waals surface area contributed by atoms with Gasteiger partial charge in [-0.25, -0.2) is 0 Å². The third kappa shape index (κ3) is 1.42. The fourth-order valence-electron chi connectivity index (χ4n) is 1.34. The number of aromatic nitrogens is 1. The molecule has 0 aliphatic carbocycles. The highest BCUT2D eigenvalue weighted by Gasteiger charge is 2.05. The first-order chi connectivity index (χ1) is 6.83. The van der Waals surface area contributed by atoms with Crippen LogP contribution in [-0.4, -0.2) is 15.4 Å². The van der Waals surface area contributed by atoms with Crippen molar-refractivity contribution in [3.05, 3.63) is 42.1 Å². The minimum Gasteiger partial charge on any atom is -0.410 e. The first-order valence-electron chi connectivity index (χ1n) is 4.04. The smallest absolute Gasteiger partial charge is 0.176 e. The molecule has 3 nitrogen and oxygen atoms in total. The molecule has 0 spiro atoms. The average Bonchev–Trinajstić information content (AvgIpc) is 2.27. The van der Waals surface area contributed by atoms with Gasteiger partial charge in [0.2, 0.25) is 0 Å². The molecule has 2 aromatic rings. The third-order valence-electron chi connectivity index (χ3n) is 1.96. The monoisotopic (exact) mass is 206 g/mol. The van der Waals surface area contributed by atoms with Gasteiger partial charge in [0.25, 0.3) is 0 Å². The Kier molecular flexibility index (Phi) is 2.33. The molecule has 0 atom stereocenters. The minimum atomic E-state index is 0.0728. The number of hydrogen-bond donors (Lipinski definition) is 1. The number of hydrogen-bond acceptors (Lipinski definition) is 3. The van der Waals surface area contributed by atoms with Crippen LogP contribution in [0.4, 0.5) is 0 Å². The highest BCUT2D eigenvalue weighted by Crippen LogP contribution is 2.18. The normalized spacial score (nSPS) is 11.9. The fraction of sp³-hybridized carbons (Fsp3) is 0. The van der Waals surface area contributed by atoms with Crippen LogP contribution in [0.15, 0.2) is 41.7 Å². The van der Waals surface area contributed by atoms with Crippen LogP contribution >= 0.6 is 11.6 Å². The van der Waals surface area contributed by atoms with Gasteiger partial charge >= 0.3 is 0 Å². The van der Waals surface area contributed by atoms with Crippen LogP contribution in [0.2, 0.25) is 0 Å². The Labute approximate surface area is 85.6 Å². The standard InChI is InChI=1S/C10H7ClN2O/c11-10(13-14)8-3-1-5-9-7(8)4-2-6-12-9/h1-6,14H/b13-10+. The molecule has 0 amide bonds. The Bertz CT molecular complexity index is 491. The molecule has 1 N–H and O–H groups in total. The summed E-state index contributed by atoms with van der Waals surface area (Å²) in [5, 5.41) is 12.5. The summed E-state index contributed by atoms with van der Waals surface area (Å²) in [6.07, 6.45) is 1.70. The van der Waals surface area contributed by atoms with E-state index in [0.29, 0.717) is 5.56 Å². The Morgan fingerprint density at radius 1 is 1.29 bits per heavy atom. The van der Waals surface area contributed by atoms with Crippen LogP contribution in [0.5, 0.6) is 0 Å². The van der Waals surface area contributed by atoms with Gasteiger partial charge in [-0.15, -0.1) is 0 Å². The van der Waals surface area contributed by atoms with E-state index >= 15 is 0 Å². The van der Waals surface area contributed by atoms with E-state index in [1.54, 1.807) is 12.3 Å². The summed E-state index contributed by atoms with van der Waals surface area (Å²) in [6, 6.07) is 9.17. The van der Waals surface area contributed by atoms with E-state index in [4.69, 9.17) is 16.8 Å². The molecule has 1 aromatic heterocycles. The van der Waals surface area contributed by atoms with E-state index in [9.17, 15) is 0 Å². The molecular weight excluding hydrogens is 200 g/mol. The number of pyridine rings is 1. The molecular formula is C10H7ClN2O. The number of rotatable bonds is 1. The molecule has 0 radical (unpaired) electrons. The van der Waals surface area contributed by atoms with E-state index in [0.717, 1.165) is 10.9 Å². The number of nitrogens with zero attached hydrogens (tertiary/aromatic N) is 2. The fourth-order valence-corrected chi connectivity index (χ4v) is 1.50. The molecule has 2 rings (SSSR count). The van der Waals surface area contributed by atoms with Crippen LogP contribution < -0.4 is 0 Å². The lowest BCUT2D eigenvalue weighted by atomic mass is 10.1. The predicted molar refractivity (Wildman–Crippen MR) is 55.9 cm³/mol. The maximum atomic E-state index is 8.58. The molecule has 0 saturated carbocycles. The average molecular weight is 207 g/mol. The number of halogens is 1. The van der Waals surface area contributed by atoms with Crippen LogP contribution in [0, 0.1) is 0 Å². The topological polar surface area (TPSA) is 45.5 Å². The van der Waals surface area contributed by atoms with Gasteiger partial charge in [0.1, 0.15) is 0 Å². The molecule has 0 saturated heterocycles. The second-order valence-electron chi connectivity index (χ2n) is 2.77. The quantitative estimate of drug-likeness (QED) is 0.443. The minimum absolute atomic E-state index is 0.0728. The van der Waals surface area contributed by atoms with E-state index in [2.05, 4.69) is 10.1 Å². The van der Waals surface area contributed by atoms with Crippen LogP contribution in [0.3, 0.4) is 0 Å². The van der Waals surface area contributed by atoms with Gasteiger partial charge in [-0.2, -0.15) is 0 Å². The summed E-state index contributed by atoms with van der Waals surface area (Å²) in [4.78, 5) is 4.16. The molecule has 0 unspecified atom stereocenters. The van der Waals surface area contributed by atoms with Crippen molar-refractivity contribution in [2.45, 2.75) is 0 Å². The summed E-state index contributed by atoms with van der Waals surface area (Å²) >= 11 is 5.74. The number of oxime groups is 1. The lowest BCUT2D eigenvalue weighted by Gasteiger charge is -2.01. The van der Waals surface area contributed by atoms with Gasteiger partial charge in [0.05, 0.1) is 5.52 Å². The third-order valence-corrected chi connectivity index (χ3v) is 2.23. The van der Waals surface area contributed by atoms with Gasteiger partial charge < -0.3 is 5.21 Å². The molecule has 1 heterocycles. The molecule has 0 aliphatic rings. The Balaban J connectivity index is 2.77. The zero-order valence-corrected chi connectivity index (χ0v) is 7.94. The highest BCUT2D eigenvalue weighted by atomic mass is 35.5. The molecule has 14 heavy (non-hydrogen) atoms. The largest absolute Gasteiger partial charge is 0.410 e. The van der Waals surface area contributed by atoms with Crippen molar-refractivity contribution in [2.75, 3.05) is 0 Å². The molecule has 0 bridgehead atoms. The first kappa shape index (κ1) is 8.97. The van der Waals surface area contributed by atoms with Crippen LogP contribution in [0.1, 0.15) is 5.56 Å². The van der Waals surface area contributed by atoms with Crippen molar-refractivity contribution in [1.29, 1.82) is 0 Å². The van der Waals surface area contributed by atoms with E-state index in [1.807, 2.05) is 24.3 Å². The second kappa shape index (κ2) is 3.64. The SMILES string of the molecule is O/N=C(/Cl)c1cccc2ncccc12. The van der Waals surface area contributed by atoms with Crippen molar-refractivity contribution in [3.63, 3.8) is 0 Å². The summed E-state index contributed by atoms with van der Waals surface area (Å²) < 4.78 is 0. The van der Waals surface area contributed by atoms with Crippen molar-refractivity contribution < 1.29 is 5.21 Å². The summed E-state index contributed by atoms with van der Waals surface area (Å²) in [6.45, 7) is 0. The van der Waals surface area contributed by atoms with Crippen molar-refractivity contribution in [3.8, 4) is 0 Å². The lowest BCUT2D eigenvalue weighted by Crippen LogP contribution is -1.93. The first-order valence-corrected chi connectivity index (χ1v) is 4.42. The molecule has 70 valence electrons. The molecule has 1 aromatic carbocycles. The van der Waals surface area contributed by atoms with Gasteiger partial charge in [-0.1, -0.05) is 35.0 Å². The van der Waals surface area contributed by atoms with E-state index in [1.165, 1.54) is 0 Å². The number of benzene rings is 1. The molecule has 0 fully saturated rings. The lowest BCUT2D eigenvalue weighted by molar-refractivity contribution is 0.321. The molecule has 0 aliphatic heterocycles. The van der Waals surface area contributed by atoms with E-state index < -0.39 is 0 Å². The second-order valence-corrected chi connectivity index (χ2v) is 3.12. The van der Waals surface area contributed by atoms with Gasteiger partial charge in [-0.05, 0) is 12.1 Å². The zero-order valence-electron chi connectivity index (χ0n) is 7.18. The predicted octanol–water partition coefficient (Wildman–Crippen LogP) is 2.61. The molecule has 4 heteroatoms. The summed E-state index contributed by atoms with van der Waals surface area (Å²) in [5.74, 6) is 0. The van der Waals surface area contributed by atoms with Crippen LogP contribution in [0.25, 0.3) is 10.9 Å². The van der Waals surface area contributed by atoms with Crippen molar-refractivity contribution >= 4 is 27.7 Å². The van der Waals surface area contributed by atoms with Gasteiger partial charge in [0, 0.05) is 17.1 Å². The zero-order chi connectivity index (χ0) is 9.97. The number of fused-ring (bicyclic) bond motifs is 1. The Morgan fingerprint density at radius 3 is 2.93 bits per heavy atom. The van der Waals surface area contributed by atoms with Gasteiger partial charge in [-0.3, -0.25) is 4.98 Å². The van der Waals surface area contributed by atoms with E-state index in [-0.39, 0.29) is 5.17 Å². The van der Waals surface area contributed by atoms with Crippen LogP contribution in [-0.2, 0) is 0 Å². The maximum absolute atomic E-state index is 8.58. The summed E-state index contributed by atoms with van der Waals surface area (Å²) in [7, 11) is 0. The maximum Gasteiger partial charge on any atom is 0.176 e. The Morgan fingerprint density at radius 2 is 2.14 bits per heavy atom. The van der Waals surface area contributed by atoms with Crippen molar-refractivity contribution in [1.82, 2.24) is 4.98 Å². The highest BCUT2D eigenvalue weighted by molar-refractivity contribution is 6.70. The van der Waals surface area contributed by atoms with Gasteiger partial charge in [0.15, 0.2) is 5.17 Å².